The summed E-state index contributed by atoms with van der Waals surface area (Å²) in [6, 6.07) is 0. The van der Waals surface area contributed by atoms with Gasteiger partial charge < -0.3 is 42.6 Å². The molecule has 0 fully saturated rings. The molecule has 218 valence electrons. The Hall–Kier alpha value is -0.360. The van der Waals surface area contributed by atoms with Gasteiger partial charge in [-0.05, 0) is 6.42 Å². The van der Waals surface area contributed by atoms with Gasteiger partial charge in [0.15, 0.2) is 0 Å². The number of hydrogen-bond donors (Lipinski definition) is 0. The van der Waals surface area contributed by atoms with E-state index in [-0.39, 0.29) is 0 Å². The number of ether oxygens (including phenoxy) is 9. The molecule has 0 heterocycles. The van der Waals surface area contributed by atoms with Crippen LogP contribution in [-0.2, 0) is 42.6 Å². The van der Waals surface area contributed by atoms with E-state index in [1.165, 1.54) is 44.9 Å². The molecular formula is C27H56O9. The van der Waals surface area contributed by atoms with Gasteiger partial charge >= 0.3 is 0 Å². The smallest absolute Gasteiger partial charge is 0.0701 e. The van der Waals surface area contributed by atoms with Crippen molar-refractivity contribution in [3.63, 3.8) is 0 Å². The Labute approximate surface area is 220 Å². The van der Waals surface area contributed by atoms with Crippen LogP contribution in [0.25, 0.3) is 0 Å². The predicted molar refractivity (Wildman–Crippen MR) is 141 cm³/mol. The van der Waals surface area contributed by atoms with Gasteiger partial charge in [-0.15, -0.1) is 0 Å². The molecule has 0 spiro atoms. The second-order valence-corrected chi connectivity index (χ2v) is 8.37. The van der Waals surface area contributed by atoms with E-state index < -0.39 is 0 Å². The average molecular weight is 525 g/mol. The number of rotatable bonds is 33. The lowest BCUT2D eigenvalue weighted by Crippen LogP contribution is -2.15. The standard InChI is InChI=1S/C27H56O9/c1-3-4-5-6-7-8-9-10-11-29-14-15-31-18-19-33-22-23-35-26-27-36-25-24-34-21-20-32-17-16-30-13-12-28-2/h3-27H2,1-2H3. The van der Waals surface area contributed by atoms with Crippen molar-refractivity contribution in [2.24, 2.45) is 0 Å². The number of hydrogen-bond acceptors (Lipinski definition) is 9. The van der Waals surface area contributed by atoms with Crippen LogP contribution in [0.4, 0.5) is 0 Å². The zero-order valence-corrected chi connectivity index (χ0v) is 23.4. The van der Waals surface area contributed by atoms with Crippen molar-refractivity contribution in [1.29, 1.82) is 0 Å². The van der Waals surface area contributed by atoms with Gasteiger partial charge in [-0.3, -0.25) is 0 Å². The minimum Gasteiger partial charge on any atom is -0.382 e. The molecule has 0 aromatic rings. The number of methoxy groups -OCH3 is 1. The first-order valence-corrected chi connectivity index (χ1v) is 14.0. The van der Waals surface area contributed by atoms with Crippen LogP contribution in [0.2, 0.25) is 0 Å². The van der Waals surface area contributed by atoms with Crippen molar-refractivity contribution < 1.29 is 42.6 Å². The van der Waals surface area contributed by atoms with Gasteiger partial charge in [0.2, 0.25) is 0 Å². The molecule has 0 aliphatic carbocycles. The monoisotopic (exact) mass is 524 g/mol. The third-order valence-electron chi connectivity index (χ3n) is 5.18. The summed E-state index contributed by atoms with van der Waals surface area (Å²) in [5.41, 5.74) is 0. The van der Waals surface area contributed by atoms with Crippen molar-refractivity contribution in [2.75, 3.05) is 119 Å². The lowest BCUT2D eigenvalue weighted by Gasteiger charge is -2.08. The van der Waals surface area contributed by atoms with E-state index in [2.05, 4.69) is 6.92 Å². The van der Waals surface area contributed by atoms with Gasteiger partial charge in [0.1, 0.15) is 0 Å². The summed E-state index contributed by atoms with van der Waals surface area (Å²) in [5.74, 6) is 0. The third-order valence-corrected chi connectivity index (χ3v) is 5.18. The highest BCUT2D eigenvalue weighted by Gasteiger charge is 1.96. The predicted octanol–water partition coefficient (Wildman–Crippen LogP) is 3.91. The molecule has 0 aromatic carbocycles. The molecule has 36 heavy (non-hydrogen) atoms. The Kier molecular flexibility index (Phi) is 34.3. The topological polar surface area (TPSA) is 83.1 Å². The Balaban J connectivity index is 3.00. The van der Waals surface area contributed by atoms with E-state index in [9.17, 15) is 0 Å². The van der Waals surface area contributed by atoms with Gasteiger partial charge in [-0.2, -0.15) is 0 Å². The molecule has 0 radical (unpaired) electrons. The highest BCUT2D eigenvalue weighted by atomic mass is 16.6. The molecule has 0 aromatic heterocycles. The van der Waals surface area contributed by atoms with Gasteiger partial charge in [0.25, 0.3) is 0 Å². The van der Waals surface area contributed by atoms with Crippen LogP contribution < -0.4 is 0 Å². The van der Waals surface area contributed by atoms with Gasteiger partial charge in [0, 0.05) is 13.7 Å². The fourth-order valence-electron chi connectivity index (χ4n) is 3.12. The van der Waals surface area contributed by atoms with Crippen LogP contribution in [0, 0.1) is 0 Å². The van der Waals surface area contributed by atoms with Crippen molar-refractivity contribution in [3.8, 4) is 0 Å². The summed E-state index contributed by atoms with van der Waals surface area (Å²) in [4.78, 5) is 0. The fraction of sp³-hybridized carbons (Fsp3) is 1.00. The van der Waals surface area contributed by atoms with Crippen LogP contribution in [0.15, 0.2) is 0 Å². The normalized spacial score (nSPS) is 11.5. The van der Waals surface area contributed by atoms with E-state index in [0.29, 0.717) is 106 Å². The van der Waals surface area contributed by atoms with Crippen LogP contribution in [0.5, 0.6) is 0 Å². The second-order valence-electron chi connectivity index (χ2n) is 8.37. The molecule has 0 N–H and O–H groups in total. The van der Waals surface area contributed by atoms with Crippen molar-refractivity contribution >= 4 is 0 Å². The maximum atomic E-state index is 5.61. The Morgan fingerprint density at radius 2 is 0.528 bits per heavy atom. The summed E-state index contributed by atoms with van der Waals surface area (Å²) < 4.78 is 48.6. The van der Waals surface area contributed by atoms with Gasteiger partial charge in [0.05, 0.1) is 106 Å². The molecule has 0 bridgehead atoms. The quantitative estimate of drug-likeness (QED) is 0.119. The highest BCUT2D eigenvalue weighted by Crippen LogP contribution is 2.08. The summed E-state index contributed by atoms with van der Waals surface area (Å²) in [7, 11) is 1.65. The van der Waals surface area contributed by atoms with E-state index in [4.69, 9.17) is 42.6 Å². The van der Waals surface area contributed by atoms with E-state index in [1.54, 1.807) is 7.11 Å². The largest absolute Gasteiger partial charge is 0.382 e. The molecule has 0 saturated carbocycles. The maximum absolute atomic E-state index is 5.61. The SMILES string of the molecule is CCCCCCCCCCOCCOCCOCCOCCOCCOCCOCCOCCOC. The Morgan fingerprint density at radius 1 is 0.278 bits per heavy atom. The zero-order chi connectivity index (χ0) is 26.0. The lowest BCUT2D eigenvalue weighted by atomic mass is 10.1. The van der Waals surface area contributed by atoms with Gasteiger partial charge in [-0.25, -0.2) is 0 Å². The minimum atomic E-state index is 0.542. The van der Waals surface area contributed by atoms with Crippen molar-refractivity contribution in [3.05, 3.63) is 0 Å². The summed E-state index contributed by atoms with van der Waals surface area (Å²) >= 11 is 0. The maximum Gasteiger partial charge on any atom is 0.0701 e. The molecule has 0 unspecified atom stereocenters. The summed E-state index contributed by atoms with van der Waals surface area (Å²) in [5, 5.41) is 0. The van der Waals surface area contributed by atoms with Gasteiger partial charge in [-0.1, -0.05) is 51.9 Å². The second kappa shape index (κ2) is 34.6. The molecule has 0 rings (SSSR count). The van der Waals surface area contributed by atoms with E-state index in [1.807, 2.05) is 0 Å². The molecule has 9 nitrogen and oxygen atoms in total. The van der Waals surface area contributed by atoms with Crippen molar-refractivity contribution in [2.45, 2.75) is 58.3 Å². The summed E-state index contributed by atoms with van der Waals surface area (Å²) in [6.45, 7) is 12.2. The van der Waals surface area contributed by atoms with Crippen LogP contribution in [0.3, 0.4) is 0 Å². The molecule has 9 heteroatoms. The lowest BCUT2D eigenvalue weighted by molar-refractivity contribution is -0.0243. The Morgan fingerprint density at radius 3 is 0.833 bits per heavy atom. The molecule has 0 aliphatic heterocycles. The average Bonchev–Trinajstić information content (AvgIpc) is 2.89. The Bertz CT molecular complexity index is 341. The van der Waals surface area contributed by atoms with Crippen LogP contribution >= 0.6 is 0 Å². The summed E-state index contributed by atoms with van der Waals surface area (Å²) in [6.07, 6.45) is 10.6. The first-order chi connectivity index (χ1) is 17.9. The minimum absolute atomic E-state index is 0.542. The van der Waals surface area contributed by atoms with E-state index >= 15 is 0 Å². The van der Waals surface area contributed by atoms with Crippen molar-refractivity contribution in [1.82, 2.24) is 0 Å². The molecule has 0 saturated heterocycles. The highest BCUT2D eigenvalue weighted by molar-refractivity contribution is 4.46. The molecule has 0 amide bonds. The van der Waals surface area contributed by atoms with Crippen LogP contribution in [-0.4, -0.2) is 119 Å². The first-order valence-electron chi connectivity index (χ1n) is 14.0. The van der Waals surface area contributed by atoms with E-state index in [0.717, 1.165) is 13.0 Å². The molecule has 0 atom stereocenters. The first kappa shape index (κ1) is 35.6. The third kappa shape index (κ3) is 33.6. The molecule has 0 aliphatic rings. The zero-order valence-electron chi connectivity index (χ0n) is 23.4. The number of unbranched alkanes of at least 4 members (excludes halogenated alkanes) is 7. The fourth-order valence-corrected chi connectivity index (χ4v) is 3.12. The molecular weight excluding hydrogens is 468 g/mol. The van der Waals surface area contributed by atoms with Crippen LogP contribution in [0.1, 0.15) is 58.3 Å².